The van der Waals surface area contributed by atoms with Gasteiger partial charge in [-0.2, -0.15) is 0 Å². The van der Waals surface area contributed by atoms with Gasteiger partial charge in [-0.3, -0.25) is 4.79 Å². The van der Waals surface area contributed by atoms with E-state index in [4.69, 9.17) is 0 Å². The van der Waals surface area contributed by atoms with Crippen molar-refractivity contribution in [1.29, 1.82) is 0 Å². The highest BCUT2D eigenvalue weighted by Gasteiger charge is 2.09. The number of hydrogen-bond donors (Lipinski definition) is 3. The number of amides is 3. The first-order valence-electron chi connectivity index (χ1n) is 9.83. The summed E-state index contributed by atoms with van der Waals surface area (Å²) in [5.41, 5.74) is 3.68. The van der Waals surface area contributed by atoms with Crippen LogP contribution in [0, 0.1) is 6.92 Å². The average Bonchev–Trinajstić information content (AvgIpc) is 3.28. The summed E-state index contributed by atoms with van der Waals surface area (Å²) >= 11 is 0. The number of benzene rings is 2. The number of carbonyl (C=O) groups is 2. The van der Waals surface area contributed by atoms with Crippen molar-refractivity contribution in [2.75, 3.05) is 32.5 Å². The minimum absolute atomic E-state index is 0.136. The van der Waals surface area contributed by atoms with Crippen LogP contribution in [-0.4, -0.2) is 64.2 Å². The first kappa shape index (κ1) is 21.9. The van der Waals surface area contributed by atoms with Crippen LogP contribution in [0.4, 0.5) is 10.5 Å². The van der Waals surface area contributed by atoms with Gasteiger partial charge < -0.3 is 20.9 Å². The van der Waals surface area contributed by atoms with Gasteiger partial charge in [-0.15, -0.1) is 5.10 Å². The molecular weight excluding hydrogens is 396 g/mol. The summed E-state index contributed by atoms with van der Waals surface area (Å²) < 4.78 is 1.51. The summed E-state index contributed by atoms with van der Waals surface area (Å²) in [7, 11) is 3.90. The van der Waals surface area contributed by atoms with Crippen LogP contribution in [-0.2, 0) is 6.54 Å². The number of tetrazole rings is 1. The quantitative estimate of drug-likeness (QED) is 0.507. The van der Waals surface area contributed by atoms with Crippen LogP contribution in [0.5, 0.6) is 0 Å². The fourth-order valence-electron chi connectivity index (χ4n) is 2.83. The van der Waals surface area contributed by atoms with Crippen LogP contribution in [0.15, 0.2) is 48.8 Å². The van der Waals surface area contributed by atoms with E-state index in [0.29, 0.717) is 17.8 Å². The smallest absolute Gasteiger partial charge is 0.319 e. The fraction of sp³-hybridized carbons (Fsp3) is 0.286. The molecule has 3 N–H and O–H groups in total. The largest absolute Gasteiger partial charge is 0.351 e. The molecule has 1 heterocycles. The maximum Gasteiger partial charge on any atom is 0.319 e. The van der Waals surface area contributed by atoms with Gasteiger partial charge in [0, 0.05) is 30.9 Å². The summed E-state index contributed by atoms with van der Waals surface area (Å²) in [5.74, 6) is -0.136. The molecule has 0 aliphatic carbocycles. The van der Waals surface area contributed by atoms with Crippen LogP contribution < -0.4 is 16.0 Å². The van der Waals surface area contributed by atoms with Crippen LogP contribution in [0.25, 0.3) is 5.69 Å². The van der Waals surface area contributed by atoms with Gasteiger partial charge in [0.15, 0.2) is 0 Å². The minimum atomic E-state index is -0.349. The molecule has 3 rings (SSSR count). The predicted molar refractivity (Wildman–Crippen MR) is 117 cm³/mol. The number of likely N-dealkylation sites (N-methyl/N-ethyl adjacent to an activating group) is 1. The highest BCUT2D eigenvalue weighted by Crippen LogP contribution is 2.18. The van der Waals surface area contributed by atoms with Crippen molar-refractivity contribution >= 4 is 17.6 Å². The van der Waals surface area contributed by atoms with Gasteiger partial charge in [-0.1, -0.05) is 18.2 Å². The van der Waals surface area contributed by atoms with E-state index in [1.54, 1.807) is 24.3 Å². The number of aryl methyl sites for hydroxylation is 1. The number of aromatic nitrogens is 4. The molecule has 2 aromatic carbocycles. The van der Waals surface area contributed by atoms with Gasteiger partial charge >= 0.3 is 6.03 Å². The summed E-state index contributed by atoms with van der Waals surface area (Å²) in [6.07, 6.45) is 1.48. The zero-order chi connectivity index (χ0) is 22.2. The van der Waals surface area contributed by atoms with Crippen molar-refractivity contribution in [2.45, 2.75) is 13.5 Å². The maximum absolute atomic E-state index is 12.4. The van der Waals surface area contributed by atoms with Crippen molar-refractivity contribution in [1.82, 2.24) is 35.7 Å². The molecule has 0 saturated carbocycles. The molecule has 31 heavy (non-hydrogen) atoms. The second kappa shape index (κ2) is 10.3. The monoisotopic (exact) mass is 422 g/mol. The topological polar surface area (TPSA) is 117 Å². The van der Waals surface area contributed by atoms with E-state index in [-0.39, 0.29) is 18.5 Å². The standard InChI is InChI=1S/C21H26N8O2/c1-15-7-8-18(29-14-24-26-27-29)12-19(15)25-21(31)23-13-16-5-4-6-17(11-16)20(30)22-9-10-28(2)3/h4-8,11-12,14H,9-10,13H2,1-3H3,(H,22,30)(H2,23,25,31). The molecule has 0 saturated heterocycles. The summed E-state index contributed by atoms with van der Waals surface area (Å²) in [6, 6.07) is 12.4. The van der Waals surface area contributed by atoms with Gasteiger partial charge in [-0.25, -0.2) is 9.48 Å². The number of nitrogens with zero attached hydrogens (tertiary/aromatic N) is 5. The maximum atomic E-state index is 12.4. The molecule has 0 spiro atoms. The number of rotatable bonds is 8. The number of nitrogens with one attached hydrogen (secondary N) is 3. The third-order valence-corrected chi connectivity index (χ3v) is 4.57. The van der Waals surface area contributed by atoms with E-state index in [0.717, 1.165) is 23.4 Å². The summed E-state index contributed by atoms with van der Waals surface area (Å²) in [5, 5.41) is 19.6. The van der Waals surface area contributed by atoms with Crippen molar-refractivity contribution in [3.63, 3.8) is 0 Å². The highest BCUT2D eigenvalue weighted by molar-refractivity contribution is 5.94. The number of hydrogen-bond acceptors (Lipinski definition) is 6. The lowest BCUT2D eigenvalue weighted by Crippen LogP contribution is -2.31. The van der Waals surface area contributed by atoms with E-state index in [2.05, 4.69) is 31.5 Å². The van der Waals surface area contributed by atoms with Gasteiger partial charge in [0.05, 0.1) is 5.69 Å². The van der Waals surface area contributed by atoms with Crippen molar-refractivity contribution in [2.24, 2.45) is 0 Å². The summed E-state index contributed by atoms with van der Waals surface area (Å²) in [4.78, 5) is 26.7. The predicted octanol–water partition coefficient (Wildman–Crippen LogP) is 1.58. The van der Waals surface area contributed by atoms with Crippen molar-refractivity contribution in [3.05, 3.63) is 65.5 Å². The molecule has 10 nitrogen and oxygen atoms in total. The Morgan fingerprint density at radius 2 is 1.94 bits per heavy atom. The first-order valence-corrected chi connectivity index (χ1v) is 9.83. The Morgan fingerprint density at radius 1 is 1.10 bits per heavy atom. The Hall–Kier alpha value is -3.79. The molecule has 10 heteroatoms. The third-order valence-electron chi connectivity index (χ3n) is 4.57. The molecule has 162 valence electrons. The lowest BCUT2D eigenvalue weighted by molar-refractivity contribution is 0.0951. The molecule has 0 bridgehead atoms. The molecule has 1 aromatic heterocycles. The van der Waals surface area contributed by atoms with Crippen LogP contribution in [0.3, 0.4) is 0 Å². The van der Waals surface area contributed by atoms with E-state index in [1.807, 2.05) is 44.1 Å². The fourth-order valence-corrected chi connectivity index (χ4v) is 2.83. The van der Waals surface area contributed by atoms with Crippen LogP contribution in [0.2, 0.25) is 0 Å². The second-order valence-electron chi connectivity index (χ2n) is 7.32. The molecule has 0 unspecified atom stereocenters. The van der Waals surface area contributed by atoms with Gasteiger partial charge in [0.1, 0.15) is 6.33 Å². The normalized spacial score (nSPS) is 10.7. The molecule has 0 aliphatic rings. The number of anilines is 1. The van der Waals surface area contributed by atoms with E-state index >= 15 is 0 Å². The molecule has 3 aromatic rings. The first-order chi connectivity index (χ1) is 14.9. The molecule has 0 aliphatic heterocycles. The Balaban J connectivity index is 1.56. The zero-order valence-electron chi connectivity index (χ0n) is 17.8. The third kappa shape index (κ3) is 6.34. The SMILES string of the molecule is Cc1ccc(-n2cnnn2)cc1NC(=O)NCc1cccc(C(=O)NCCN(C)C)c1. The lowest BCUT2D eigenvalue weighted by Gasteiger charge is -2.12. The molecule has 0 atom stereocenters. The van der Waals surface area contributed by atoms with E-state index < -0.39 is 0 Å². The molecule has 3 amide bonds. The van der Waals surface area contributed by atoms with E-state index in [1.165, 1.54) is 11.0 Å². The lowest BCUT2D eigenvalue weighted by atomic mass is 10.1. The van der Waals surface area contributed by atoms with Crippen molar-refractivity contribution < 1.29 is 9.59 Å². The Labute approximate surface area is 180 Å². The zero-order valence-corrected chi connectivity index (χ0v) is 17.8. The highest BCUT2D eigenvalue weighted by atomic mass is 16.2. The Kier molecular flexibility index (Phi) is 7.28. The Morgan fingerprint density at radius 3 is 2.68 bits per heavy atom. The van der Waals surface area contributed by atoms with Crippen LogP contribution in [0.1, 0.15) is 21.5 Å². The number of carbonyl (C=O) groups excluding carboxylic acids is 2. The van der Waals surface area contributed by atoms with Gasteiger partial charge in [0.2, 0.25) is 0 Å². The van der Waals surface area contributed by atoms with Crippen LogP contribution >= 0.6 is 0 Å². The van der Waals surface area contributed by atoms with Crippen molar-refractivity contribution in [3.8, 4) is 5.69 Å². The Bertz CT molecular complexity index is 1030. The molecule has 0 fully saturated rings. The van der Waals surface area contributed by atoms with E-state index in [9.17, 15) is 9.59 Å². The summed E-state index contributed by atoms with van der Waals surface area (Å²) in [6.45, 7) is 3.52. The second-order valence-corrected chi connectivity index (χ2v) is 7.32. The van der Waals surface area contributed by atoms with Gasteiger partial charge in [-0.05, 0) is 66.8 Å². The minimum Gasteiger partial charge on any atom is -0.351 e. The molecular formula is C21H26N8O2. The molecule has 0 radical (unpaired) electrons. The average molecular weight is 422 g/mol. The van der Waals surface area contributed by atoms with Gasteiger partial charge in [0.25, 0.3) is 5.91 Å². The number of urea groups is 1.